The fraction of sp³-hybridized carbons (Fsp3) is 0.409. The first-order chi connectivity index (χ1) is 12.6. The summed E-state index contributed by atoms with van der Waals surface area (Å²) in [6.07, 6.45) is 8.38. The van der Waals surface area contributed by atoms with Gasteiger partial charge >= 0.3 is 0 Å². The van der Waals surface area contributed by atoms with Crippen LogP contribution in [0.25, 0.3) is 10.9 Å². The molecule has 0 aliphatic carbocycles. The van der Waals surface area contributed by atoms with Crippen LogP contribution < -0.4 is 0 Å². The van der Waals surface area contributed by atoms with Crippen LogP contribution in [0.15, 0.2) is 36.7 Å². The van der Waals surface area contributed by atoms with Crippen molar-refractivity contribution in [3.63, 3.8) is 0 Å². The van der Waals surface area contributed by atoms with Crippen molar-refractivity contribution in [3.8, 4) is 0 Å². The molecule has 1 aromatic carbocycles. The number of halogens is 1. The molecule has 26 heavy (non-hydrogen) atoms. The molecule has 3 aromatic rings. The number of aromatic nitrogens is 2. The van der Waals surface area contributed by atoms with Crippen LogP contribution in [0.3, 0.4) is 0 Å². The van der Waals surface area contributed by atoms with E-state index in [1.54, 1.807) is 17.5 Å². The van der Waals surface area contributed by atoms with Crippen molar-refractivity contribution in [1.82, 2.24) is 14.5 Å². The number of benzene rings is 1. The lowest BCUT2D eigenvalue weighted by molar-refractivity contribution is 0.222. The van der Waals surface area contributed by atoms with E-state index < -0.39 is 0 Å². The molecule has 0 amide bonds. The molecule has 4 heterocycles. The van der Waals surface area contributed by atoms with Gasteiger partial charge in [-0.15, -0.1) is 0 Å². The molecular formula is C22H24ClN3. The Morgan fingerprint density at radius 2 is 2.08 bits per heavy atom. The zero-order chi connectivity index (χ0) is 17.8. The van der Waals surface area contributed by atoms with Gasteiger partial charge in [-0.2, -0.15) is 0 Å². The van der Waals surface area contributed by atoms with Gasteiger partial charge in [-0.05, 0) is 62.6 Å². The molecule has 2 aliphatic rings. The molecule has 0 N–H and O–H groups in total. The molecule has 2 aliphatic heterocycles. The van der Waals surface area contributed by atoms with E-state index in [1.807, 2.05) is 12.3 Å². The Kier molecular flexibility index (Phi) is 3.84. The molecule has 2 atom stereocenters. The van der Waals surface area contributed by atoms with E-state index in [1.165, 1.54) is 41.3 Å². The summed E-state index contributed by atoms with van der Waals surface area (Å²) in [5.74, 6) is 0. The first kappa shape index (κ1) is 16.3. The van der Waals surface area contributed by atoms with Crippen molar-refractivity contribution in [3.05, 3.63) is 64.1 Å². The fourth-order valence-corrected chi connectivity index (χ4v) is 5.25. The molecule has 0 radical (unpaired) electrons. The normalized spacial score (nSPS) is 22.1. The summed E-state index contributed by atoms with van der Waals surface area (Å²) < 4.78 is 2.57. The van der Waals surface area contributed by atoms with Gasteiger partial charge in [0.1, 0.15) is 0 Å². The average Bonchev–Trinajstić information content (AvgIpc) is 3.03. The monoisotopic (exact) mass is 365 g/mol. The zero-order valence-electron chi connectivity index (χ0n) is 15.4. The van der Waals surface area contributed by atoms with Gasteiger partial charge in [0, 0.05) is 54.0 Å². The number of hydrogen-bond donors (Lipinski definition) is 0. The summed E-state index contributed by atoms with van der Waals surface area (Å²) in [5, 5.41) is 2.18. The van der Waals surface area contributed by atoms with Gasteiger partial charge in [-0.1, -0.05) is 23.2 Å². The first-order valence-electron chi connectivity index (χ1n) is 9.55. The summed E-state index contributed by atoms with van der Waals surface area (Å²) in [4.78, 5) is 6.85. The molecule has 1 fully saturated rings. The maximum atomic E-state index is 6.12. The van der Waals surface area contributed by atoms with Gasteiger partial charge in [0.15, 0.2) is 0 Å². The van der Waals surface area contributed by atoms with Crippen molar-refractivity contribution in [1.29, 1.82) is 0 Å². The van der Waals surface area contributed by atoms with E-state index in [2.05, 4.69) is 46.6 Å². The Morgan fingerprint density at radius 3 is 2.92 bits per heavy atom. The topological polar surface area (TPSA) is 21.1 Å². The predicted molar refractivity (Wildman–Crippen MR) is 107 cm³/mol. The molecule has 2 bridgehead atoms. The third kappa shape index (κ3) is 2.49. The van der Waals surface area contributed by atoms with Crippen molar-refractivity contribution < 1.29 is 0 Å². The van der Waals surface area contributed by atoms with Gasteiger partial charge in [-0.25, -0.2) is 0 Å². The highest BCUT2D eigenvalue weighted by atomic mass is 35.5. The van der Waals surface area contributed by atoms with Gasteiger partial charge in [0.2, 0.25) is 0 Å². The van der Waals surface area contributed by atoms with Crippen LogP contribution in [0.5, 0.6) is 0 Å². The van der Waals surface area contributed by atoms with Crippen molar-refractivity contribution in [2.24, 2.45) is 0 Å². The molecule has 2 unspecified atom stereocenters. The number of rotatable bonds is 3. The van der Waals surface area contributed by atoms with Crippen LogP contribution in [0, 0.1) is 6.92 Å². The van der Waals surface area contributed by atoms with Crippen LogP contribution in [0.4, 0.5) is 0 Å². The summed E-state index contributed by atoms with van der Waals surface area (Å²) >= 11 is 6.12. The van der Waals surface area contributed by atoms with Crippen LogP contribution in [-0.2, 0) is 19.4 Å². The highest BCUT2D eigenvalue weighted by Gasteiger charge is 2.40. The number of aryl methyl sites for hydroxylation is 3. The summed E-state index contributed by atoms with van der Waals surface area (Å²) in [7, 11) is 2.31. The van der Waals surface area contributed by atoms with Crippen LogP contribution in [0.1, 0.15) is 41.3 Å². The lowest BCUT2D eigenvalue weighted by Gasteiger charge is -2.32. The summed E-state index contributed by atoms with van der Waals surface area (Å²) in [5.41, 5.74) is 7.09. The summed E-state index contributed by atoms with van der Waals surface area (Å²) in [6, 6.07) is 10.3. The van der Waals surface area contributed by atoms with E-state index >= 15 is 0 Å². The number of likely N-dealkylation sites (N-methyl/N-ethyl adjacent to an activating group) is 1. The standard InChI is InChI=1S/C22H24ClN3/c1-14-3-5-19-18(9-14)22-20-6-4-17(25(20)2)11-21(22)26(19)8-7-15-10-16(23)13-24-12-15/h3,5,9-10,12-13,17,20H,4,6-8,11H2,1-2H3. The minimum absolute atomic E-state index is 0.585. The maximum Gasteiger partial charge on any atom is 0.0592 e. The third-order valence-corrected chi connectivity index (χ3v) is 6.57. The molecule has 4 heteroatoms. The second-order valence-electron chi connectivity index (χ2n) is 7.91. The maximum absolute atomic E-state index is 6.12. The number of nitrogens with zero attached hydrogens (tertiary/aromatic N) is 3. The van der Waals surface area contributed by atoms with Crippen molar-refractivity contribution >= 4 is 22.5 Å². The Morgan fingerprint density at radius 1 is 1.19 bits per heavy atom. The van der Waals surface area contributed by atoms with Crippen molar-refractivity contribution in [2.45, 2.75) is 51.2 Å². The molecular weight excluding hydrogens is 342 g/mol. The van der Waals surface area contributed by atoms with E-state index in [0.717, 1.165) is 18.0 Å². The Balaban J connectivity index is 1.60. The lowest BCUT2D eigenvalue weighted by atomic mass is 9.97. The van der Waals surface area contributed by atoms with Gasteiger partial charge in [0.25, 0.3) is 0 Å². The Labute approximate surface area is 159 Å². The highest BCUT2D eigenvalue weighted by Crippen LogP contribution is 2.46. The molecule has 3 nitrogen and oxygen atoms in total. The lowest BCUT2D eigenvalue weighted by Crippen LogP contribution is -2.34. The first-order valence-corrected chi connectivity index (χ1v) is 9.92. The molecule has 134 valence electrons. The summed E-state index contributed by atoms with van der Waals surface area (Å²) in [6.45, 7) is 3.19. The third-order valence-electron chi connectivity index (χ3n) is 6.36. The van der Waals surface area contributed by atoms with Crippen LogP contribution >= 0.6 is 11.6 Å². The SMILES string of the molecule is Cc1ccc2c(c1)c1c(n2CCc2cncc(Cl)c2)CC2CCC1N2C. The van der Waals surface area contributed by atoms with Crippen molar-refractivity contribution in [2.75, 3.05) is 7.05 Å². The van der Waals surface area contributed by atoms with Gasteiger partial charge in [0.05, 0.1) is 5.02 Å². The van der Waals surface area contributed by atoms with E-state index in [0.29, 0.717) is 12.1 Å². The Bertz CT molecular complexity index is 990. The molecule has 0 spiro atoms. The molecule has 0 saturated carbocycles. The smallest absolute Gasteiger partial charge is 0.0592 e. The van der Waals surface area contributed by atoms with E-state index in [4.69, 9.17) is 11.6 Å². The van der Waals surface area contributed by atoms with Crippen LogP contribution in [0.2, 0.25) is 5.02 Å². The van der Waals surface area contributed by atoms with E-state index in [9.17, 15) is 0 Å². The highest BCUT2D eigenvalue weighted by molar-refractivity contribution is 6.30. The number of fused-ring (bicyclic) bond motifs is 6. The van der Waals surface area contributed by atoms with Gasteiger partial charge < -0.3 is 4.57 Å². The fourth-order valence-electron chi connectivity index (χ4n) is 5.06. The minimum atomic E-state index is 0.585. The van der Waals surface area contributed by atoms with Gasteiger partial charge in [-0.3, -0.25) is 9.88 Å². The average molecular weight is 366 g/mol. The van der Waals surface area contributed by atoms with E-state index in [-0.39, 0.29) is 0 Å². The second-order valence-corrected chi connectivity index (χ2v) is 8.35. The predicted octanol–water partition coefficient (Wildman–Crippen LogP) is 4.93. The molecule has 1 saturated heterocycles. The largest absolute Gasteiger partial charge is 0.344 e. The molecule has 5 rings (SSSR count). The number of pyridine rings is 1. The number of hydrogen-bond acceptors (Lipinski definition) is 2. The van der Waals surface area contributed by atoms with Crippen LogP contribution in [-0.4, -0.2) is 27.5 Å². The molecule has 2 aromatic heterocycles. The minimum Gasteiger partial charge on any atom is -0.344 e. The quantitative estimate of drug-likeness (QED) is 0.656. The zero-order valence-corrected chi connectivity index (χ0v) is 16.1. The Hall–Kier alpha value is -1.84. The second kappa shape index (κ2) is 6.11.